The zero-order chi connectivity index (χ0) is 11.5. The lowest BCUT2D eigenvalue weighted by Crippen LogP contribution is -2.40. The molecule has 0 saturated carbocycles. The molecule has 2 nitrogen and oxygen atoms in total. The van der Waals surface area contributed by atoms with Crippen LogP contribution in [0.1, 0.15) is 6.92 Å². The Kier molecular flexibility index (Phi) is 4.63. The summed E-state index contributed by atoms with van der Waals surface area (Å²) in [7, 11) is -0.280. The summed E-state index contributed by atoms with van der Waals surface area (Å²) in [5, 5.41) is 2.30. The van der Waals surface area contributed by atoms with Crippen LogP contribution in [0.3, 0.4) is 0 Å². The summed E-state index contributed by atoms with van der Waals surface area (Å²) in [5.74, 6) is -2.04. The van der Waals surface area contributed by atoms with Gasteiger partial charge < -0.3 is 5.32 Å². The molecule has 0 fully saturated rings. The van der Waals surface area contributed by atoms with Crippen molar-refractivity contribution < 1.29 is 18.0 Å². The minimum Gasteiger partial charge on any atom is -0.359 e. The molecule has 0 aliphatic carbocycles. The predicted octanol–water partition coefficient (Wildman–Crippen LogP) is 1.79. The monoisotopic (exact) mass is 227 g/mol. The average molecular weight is 227 g/mol. The van der Waals surface area contributed by atoms with Crippen molar-refractivity contribution in [3.8, 4) is 0 Å². The lowest BCUT2D eigenvalue weighted by Gasteiger charge is -2.26. The van der Waals surface area contributed by atoms with Gasteiger partial charge in [-0.15, -0.1) is 0 Å². The van der Waals surface area contributed by atoms with E-state index in [4.69, 9.17) is 0 Å². The van der Waals surface area contributed by atoms with E-state index in [-0.39, 0.29) is 0 Å². The minimum atomic E-state index is -4.28. The quantitative estimate of drug-likeness (QED) is 0.732. The summed E-state index contributed by atoms with van der Waals surface area (Å²) in [6.07, 6.45) is -4.28. The molecule has 0 aliphatic heterocycles. The van der Waals surface area contributed by atoms with E-state index in [2.05, 4.69) is 5.32 Å². The standard InChI is InChI=1S/C8H16F3NOSi/c1-5(8(9,10)11)6(14(3)4)7(13)12-2/h5-6,14H,1-4H3,(H,12,13). The maximum Gasteiger partial charge on any atom is 0.392 e. The Labute approximate surface area is 83.5 Å². The summed E-state index contributed by atoms with van der Waals surface area (Å²) in [6.45, 7) is 4.58. The number of carbonyl (C=O) groups is 1. The number of amides is 1. The summed E-state index contributed by atoms with van der Waals surface area (Å²) >= 11 is 0. The molecule has 2 unspecified atom stereocenters. The van der Waals surface area contributed by atoms with Crippen LogP contribution in [0.25, 0.3) is 0 Å². The maximum absolute atomic E-state index is 12.4. The van der Waals surface area contributed by atoms with Gasteiger partial charge >= 0.3 is 6.18 Å². The van der Waals surface area contributed by atoms with Crippen molar-refractivity contribution >= 4 is 14.7 Å². The highest BCUT2D eigenvalue weighted by Crippen LogP contribution is 2.36. The van der Waals surface area contributed by atoms with Gasteiger partial charge in [0.05, 0.1) is 5.92 Å². The topological polar surface area (TPSA) is 29.1 Å². The highest BCUT2D eigenvalue weighted by molar-refractivity contribution is 6.61. The van der Waals surface area contributed by atoms with Crippen LogP contribution in [0, 0.1) is 5.92 Å². The van der Waals surface area contributed by atoms with Crippen LogP contribution in [-0.2, 0) is 4.79 Å². The van der Waals surface area contributed by atoms with Crippen molar-refractivity contribution in [1.82, 2.24) is 5.32 Å². The fourth-order valence-electron chi connectivity index (χ4n) is 1.48. The molecular formula is C8H16F3NOSi. The molecule has 1 N–H and O–H groups in total. The molecule has 0 heterocycles. The second-order valence-electron chi connectivity index (χ2n) is 3.71. The number of alkyl halides is 3. The van der Waals surface area contributed by atoms with E-state index in [1.165, 1.54) is 7.05 Å². The number of rotatable bonds is 3. The molecule has 1 amide bonds. The molecule has 0 aromatic heterocycles. The zero-order valence-corrected chi connectivity index (χ0v) is 9.93. The molecule has 6 heteroatoms. The maximum atomic E-state index is 12.4. The molecule has 0 bridgehead atoms. The van der Waals surface area contributed by atoms with Crippen molar-refractivity contribution in [3.05, 3.63) is 0 Å². The number of halogens is 3. The third-order valence-electron chi connectivity index (χ3n) is 2.32. The Bertz CT molecular complexity index is 205. The number of hydrogen-bond acceptors (Lipinski definition) is 1. The van der Waals surface area contributed by atoms with Crippen LogP contribution in [0.2, 0.25) is 18.6 Å². The Balaban J connectivity index is 4.75. The second kappa shape index (κ2) is 4.81. The first-order valence-corrected chi connectivity index (χ1v) is 7.47. The van der Waals surface area contributed by atoms with Crippen LogP contribution in [0.4, 0.5) is 13.2 Å². The lowest BCUT2D eigenvalue weighted by atomic mass is 10.1. The molecule has 0 rings (SSSR count). The SMILES string of the molecule is CNC(=O)C(C(C)C(F)(F)F)[SiH](C)C. The first-order valence-electron chi connectivity index (χ1n) is 4.50. The van der Waals surface area contributed by atoms with E-state index in [0.717, 1.165) is 6.92 Å². The second-order valence-corrected chi connectivity index (χ2v) is 6.92. The molecule has 2 atom stereocenters. The summed E-state index contributed by atoms with van der Waals surface area (Å²) in [6, 6.07) is 0. The van der Waals surface area contributed by atoms with Crippen molar-refractivity contribution in [2.24, 2.45) is 5.92 Å². The van der Waals surface area contributed by atoms with Gasteiger partial charge in [0.2, 0.25) is 5.91 Å². The van der Waals surface area contributed by atoms with E-state index in [1.807, 2.05) is 0 Å². The average Bonchev–Trinajstić information content (AvgIpc) is 2.01. The van der Waals surface area contributed by atoms with Gasteiger partial charge in [-0.1, -0.05) is 20.0 Å². The first-order chi connectivity index (χ1) is 6.21. The molecule has 0 aliphatic rings. The van der Waals surface area contributed by atoms with Gasteiger partial charge in [-0.25, -0.2) is 0 Å². The van der Waals surface area contributed by atoms with Gasteiger partial charge in [-0.3, -0.25) is 4.79 Å². The van der Waals surface area contributed by atoms with Gasteiger partial charge in [-0.05, 0) is 0 Å². The molecule has 0 aromatic rings. The van der Waals surface area contributed by atoms with Crippen molar-refractivity contribution in [1.29, 1.82) is 0 Å². The van der Waals surface area contributed by atoms with E-state index >= 15 is 0 Å². The van der Waals surface area contributed by atoms with Crippen LogP contribution >= 0.6 is 0 Å². The zero-order valence-electron chi connectivity index (χ0n) is 8.77. The fraction of sp³-hybridized carbons (Fsp3) is 0.875. The normalized spacial score (nSPS) is 16.6. The summed E-state index contributed by atoms with van der Waals surface area (Å²) in [4.78, 5) is 11.3. The van der Waals surface area contributed by atoms with Crippen LogP contribution in [0.5, 0.6) is 0 Å². The van der Waals surface area contributed by atoms with E-state index < -0.39 is 32.3 Å². The van der Waals surface area contributed by atoms with Crippen LogP contribution < -0.4 is 5.32 Å². The van der Waals surface area contributed by atoms with Crippen molar-refractivity contribution in [2.75, 3.05) is 7.05 Å². The van der Waals surface area contributed by atoms with E-state index in [1.54, 1.807) is 13.1 Å². The predicted molar refractivity (Wildman–Crippen MR) is 51.9 cm³/mol. The highest BCUT2D eigenvalue weighted by Gasteiger charge is 2.45. The van der Waals surface area contributed by atoms with E-state index in [9.17, 15) is 18.0 Å². The lowest BCUT2D eigenvalue weighted by molar-refractivity contribution is -0.174. The molecule has 14 heavy (non-hydrogen) atoms. The van der Waals surface area contributed by atoms with Crippen LogP contribution in [0.15, 0.2) is 0 Å². The Morgan fingerprint density at radius 2 is 1.79 bits per heavy atom. The Morgan fingerprint density at radius 1 is 1.36 bits per heavy atom. The largest absolute Gasteiger partial charge is 0.392 e. The minimum absolute atomic E-state index is 0.489. The highest BCUT2D eigenvalue weighted by atomic mass is 28.3. The number of hydrogen-bond donors (Lipinski definition) is 1. The van der Waals surface area contributed by atoms with E-state index in [0.29, 0.717) is 0 Å². The third-order valence-corrected chi connectivity index (χ3v) is 4.64. The molecule has 84 valence electrons. The summed E-state index contributed by atoms with van der Waals surface area (Å²) in [5.41, 5.74) is -0.875. The molecular weight excluding hydrogens is 211 g/mol. The van der Waals surface area contributed by atoms with Gasteiger partial charge in [0, 0.05) is 21.4 Å². The molecule has 0 saturated heterocycles. The Morgan fingerprint density at radius 3 is 2.00 bits per heavy atom. The number of carbonyl (C=O) groups excluding carboxylic acids is 1. The van der Waals surface area contributed by atoms with Gasteiger partial charge in [0.1, 0.15) is 0 Å². The molecule has 0 spiro atoms. The van der Waals surface area contributed by atoms with Gasteiger partial charge in [0.25, 0.3) is 0 Å². The third kappa shape index (κ3) is 3.32. The smallest absolute Gasteiger partial charge is 0.359 e. The van der Waals surface area contributed by atoms with Gasteiger partial charge in [0.15, 0.2) is 0 Å². The first kappa shape index (κ1) is 13.5. The van der Waals surface area contributed by atoms with Gasteiger partial charge in [-0.2, -0.15) is 13.2 Å². The number of nitrogens with one attached hydrogen (secondary N) is 1. The summed E-state index contributed by atoms with van der Waals surface area (Å²) < 4.78 is 37.2. The van der Waals surface area contributed by atoms with Crippen molar-refractivity contribution in [3.63, 3.8) is 0 Å². The molecule has 0 radical (unpaired) electrons. The Hall–Kier alpha value is -0.523. The van der Waals surface area contributed by atoms with Crippen molar-refractivity contribution in [2.45, 2.75) is 31.7 Å². The fourth-order valence-corrected chi connectivity index (χ4v) is 3.62. The van der Waals surface area contributed by atoms with Crippen LogP contribution in [-0.4, -0.2) is 27.9 Å². The molecule has 0 aromatic carbocycles.